The molecule has 0 unspecified atom stereocenters. The highest BCUT2D eigenvalue weighted by Crippen LogP contribution is 2.35. The van der Waals surface area contributed by atoms with Crippen LogP contribution in [0.3, 0.4) is 0 Å². The topological polar surface area (TPSA) is 49.6 Å². The first-order valence-corrected chi connectivity index (χ1v) is 18.8. The van der Waals surface area contributed by atoms with Crippen molar-refractivity contribution in [1.29, 1.82) is 5.41 Å². The van der Waals surface area contributed by atoms with Crippen molar-refractivity contribution in [2.24, 2.45) is 0 Å². The highest BCUT2D eigenvalue weighted by atomic mass is 14.9. The van der Waals surface area contributed by atoms with Gasteiger partial charge in [0.1, 0.15) is 0 Å². The van der Waals surface area contributed by atoms with Gasteiger partial charge in [0, 0.05) is 16.7 Å². The fourth-order valence-electron chi connectivity index (χ4n) is 7.25. The SMILES string of the molecule is N=C(/C=C(/c1ccccc1)c1cccc2ccc(-c3cccc(-c4cc(-c5ccc(-c6ccccc6)cc5)nc(-c5ccccc5)n4)c3)cc12)c1ccccc1. The van der Waals surface area contributed by atoms with Crippen LogP contribution in [0, 0.1) is 5.41 Å². The largest absolute Gasteiger partial charge is 0.300 e. The molecule has 0 spiro atoms. The summed E-state index contributed by atoms with van der Waals surface area (Å²) < 4.78 is 0. The second-order valence-electron chi connectivity index (χ2n) is 13.8. The van der Waals surface area contributed by atoms with Gasteiger partial charge in [-0.05, 0) is 79.6 Å². The quantitative estimate of drug-likeness (QED) is 0.151. The van der Waals surface area contributed by atoms with Crippen molar-refractivity contribution < 1.29 is 0 Å². The van der Waals surface area contributed by atoms with Crippen LogP contribution in [0.1, 0.15) is 16.7 Å². The van der Waals surface area contributed by atoms with Crippen molar-refractivity contribution in [1.82, 2.24) is 9.97 Å². The fraction of sp³-hybridized carbons (Fsp3) is 0. The predicted molar refractivity (Wildman–Crippen MR) is 234 cm³/mol. The van der Waals surface area contributed by atoms with Crippen molar-refractivity contribution >= 4 is 22.1 Å². The minimum atomic E-state index is 0.469. The molecule has 3 heteroatoms. The molecule has 264 valence electrons. The Balaban J connectivity index is 1.13. The van der Waals surface area contributed by atoms with Crippen molar-refractivity contribution in [2.75, 3.05) is 0 Å². The van der Waals surface area contributed by atoms with Crippen LogP contribution >= 0.6 is 0 Å². The smallest absolute Gasteiger partial charge is 0.160 e. The van der Waals surface area contributed by atoms with Crippen LogP contribution in [0.25, 0.3) is 72.5 Å². The van der Waals surface area contributed by atoms with Gasteiger partial charge in [-0.1, -0.05) is 194 Å². The number of benzene rings is 8. The van der Waals surface area contributed by atoms with E-state index in [1.54, 1.807) is 0 Å². The van der Waals surface area contributed by atoms with Crippen LogP contribution in [0.15, 0.2) is 218 Å². The van der Waals surface area contributed by atoms with Gasteiger partial charge in [-0.3, -0.25) is 0 Å². The minimum absolute atomic E-state index is 0.469. The summed E-state index contributed by atoms with van der Waals surface area (Å²) in [5, 5.41) is 11.3. The average Bonchev–Trinajstić information content (AvgIpc) is 3.29. The molecule has 56 heavy (non-hydrogen) atoms. The Kier molecular flexibility index (Phi) is 9.47. The number of allylic oxidation sites excluding steroid dienone is 1. The maximum absolute atomic E-state index is 9.05. The molecule has 0 saturated heterocycles. The molecule has 3 nitrogen and oxygen atoms in total. The first kappa shape index (κ1) is 34.3. The predicted octanol–water partition coefficient (Wildman–Crippen LogP) is 13.5. The van der Waals surface area contributed by atoms with Gasteiger partial charge in [-0.15, -0.1) is 0 Å². The molecule has 0 radical (unpaired) electrons. The van der Waals surface area contributed by atoms with Gasteiger partial charge in [-0.2, -0.15) is 0 Å². The molecule has 0 aliphatic carbocycles. The first-order valence-electron chi connectivity index (χ1n) is 18.8. The normalized spacial score (nSPS) is 11.4. The molecule has 8 aromatic carbocycles. The summed E-state index contributed by atoms with van der Waals surface area (Å²) in [5.41, 5.74) is 13.8. The van der Waals surface area contributed by atoms with Crippen LogP contribution < -0.4 is 0 Å². The van der Waals surface area contributed by atoms with E-state index in [-0.39, 0.29) is 0 Å². The molecular weight excluding hydrogens is 679 g/mol. The van der Waals surface area contributed by atoms with E-state index < -0.39 is 0 Å². The molecule has 9 aromatic rings. The van der Waals surface area contributed by atoms with Gasteiger partial charge < -0.3 is 5.41 Å². The molecule has 0 fully saturated rings. The molecule has 1 N–H and O–H groups in total. The Morgan fingerprint density at radius 2 is 0.875 bits per heavy atom. The number of aromatic nitrogens is 2. The van der Waals surface area contributed by atoms with E-state index in [4.69, 9.17) is 15.4 Å². The maximum atomic E-state index is 9.05. The molecule has 1 aromatic heterocycles. The number of hydrogen-bond acceptors (Lipinski definition) is 3. The maximum Gasteiger partial charge on any atom is 0.160 e. The van der Waals surface area contributed by atoms with Crippen molar-refractivity contribution in [3.05, 3.63) is 235 Å². The summed E-state index contributed by atoms with van der Waals surface area (Å²) in [5.74, 6) is 0.687. The zero-order valence-corrected chi connectivity index (χ0v) is 30.7. The highest BCUT2D eigenvalue weighted by molar-refractivity contribution is 6.13. The summed E-state index contributed by atoms with van der Waals surface area (Å²) in [6, 6.07) is 73.3. The summed E-state index contributed by atoms with van der Waals surface area (Å²) in [7, 11) is 0. The number of fused-ring (bicyclic) bond motifs is 1. The van der Waals surface area contributed by atoms with E-state index >= 15 is 0 Å². The molecule has 0 aliphatic heterocycles. The van der Waals surface area contributed by atoms with Crippen LogP contribution in [-0.2, 0) is 0 Å². The summed E-state index contributed by atoms with van der Waals surface area (Å²) in [6.45, 7) is 0. The van der Waals surface area contributed by atoms with Crippen molar-refractivity contribution in [3.63, 3.8) is 0 Å². The molecule has 0 amide bonds. The van der Waals surface area contributed by atoms with Gasteiger partial charge in [0.2, 0.25) is 0 Å². The Labute approximate surface area is 327 Å². The molecule has 1 heterocycles. The van der Waals surface area contributed by atoms with Gasteiger partial charge in [0.15, 0.2) is 5.82 Å². The minimum Gasteiger partial charge on any atom is -0.300 e. The fourth-order valence-corrected chi connectivity index (χ4v) is 7.25. The van der Waals surface area contributed by atoms with E-state index in [1.807, 2.05) is 66.7 Å². The number of nitrogens with one attached hydrogen (secondary N) is 1. The third-order valence-corrected chi connectivity index (χ3v) is 10.2. The average molecular weight is 716 g/mol. The van der Waals surface area contributed by atoms with E-state index in [0.717, 1.165) is 72.2 Å². The Morgan fingerprint density at radius 3 is 1.57 bits per heavy atom. The molecule has 9 rings (SSSR count). The van der Waals surface area contributed by atoms with Crippen molar-refractivity contribution in [2.45, 2.75) is 0 Å². The standard InChI is InChI=1S/C53H37N3/c54-50(41-19-9-3-10-20-41)35-49(39-17-7-2-8-18-39)47-26-14-23-40-29-32-45(34-48(40)47)44-24-13-25-46(33-44)52-36-51(55-53(56-52)43-21-11-4-12-22-43)42-30-27-38(28-31-42)37-15-5-1-6-16-37/h1-36,54H/b49-35-,54-50?. The Hall–Kier alpha value is -7.49. The second kappa shape index (κ2) is 15.5. The van der Waals surface area contributed by atoms with Crippen LogP contribution in [-0.4, -0.2) is 15.7 Å². The lowest BCUT2D eigenvalue weighted by Gasteiger charge is -2.14. The van der Waals surface area contributed by atoms with Gasteiger partial charge in [0.05, 0.1) is 17.1 Å². The Morgan fingerprint density at radius 1 is 0.375 bits per heavy atom. The van der Waals surface area contributed by atoms with E-state index in [0.29, 0.717) is 11.5 Å². The molecule has 0 atom stereocenters. The monoisotopic (exact) mass is 715 g/mol. The lowest BCUT2D eigenvalue weighted by atomic mass is 9.90. The van der Waals surface area contributed by atoms with Gasteiger partial charge >= 0.3 is 0 Å². The molecular formula is C53H37N3. The lowest BCUT2D eigenvalue weighted by Crippen LogP contribution is -1.98. The molecule has 0 saturated carbocycles. The summed E-state index contributed by atoms with van der Waals surface area (Å²) >= 11 is 0. The summed E-state index contributed by atoms with van der Waals surface area (Å²) in [6.07, 6.45) is 2.00. The van der Waals surface area contributed by atoms with Gasteiger partial charge in [-0.25, -0.2) is 9.97 Å². The molecule has 0 bridgehead atoms. The third-order valence-electron chi connectivity index (χ3n) is 10.2. The number of nitrogens with zero attached hydrogens (tertiary/aromatic N) is 2. The van der Waals surface area contributed by atoms with E-state index in [2.05, 4.69) is 152 Å². The van der Waals surface area contributed by atoms with Crippen molar-refractivity contribution in [3.8, 4) is 56.2 Å². The zero-order chi connectivity index (χ0) is 37.7. The Bertz CT molecular complexity index is 2830. The number of hydrogen-bond donors (Lipinski definition) is 1. The molecule has 0 aliphatic rings. The first-order chi connectivity index (χ1) is 27.7. The van der Waals surface area contributed by atoms with Crippen LogP contribution in [0.4, 0.5) is 0 Å². The summed E-state index contributed by atoms with van der Waals surface area (Å²) in [4.78, 5) is 10.2. The van der Waals surface area contributed by atoms with E-state index in [9.17, 15) is 0 Å². The van der Waals surface area contributed by atoms with Crippen LogP contribution in [0.2, 0.25) is 0 Å². The number of rotatable bonds is 9. The highest BCUT2D eigenvalue weighted by Gasteiger charge is 2.15. The third kappa shape index (κ3) is 7.22. The van der Waals surface area contributed by atoms with E-state index in [1.165, 1.54) is 11.1 Å². The zero-order valence-electron chi connectivity index (χ0n) is 30.7. The van der Waals surface area contributed by atoms with Crippen LogP contribution in [0.5, 0.6) is 0 Å². The second-order valence-corrected chi connectivity index (χ2v) is 13.8. The van der Waals surface area contributed by atoms with Gasteiger partial charge in [0.25, 0.3) is 0 Å². The lowest BCUT2D eigenvalue weighted by molar-refractivity contribution is 1.18.